The summed E-state index contributed by atoms with van der Waals surface area (Å²) in [5, 5.41) is 2.96. The lowest BCUT2D eigenvalue weighted by atomic mass is 10.3. The third-order valence-electron chi connectivity index (χ3n) is 1.65. The molecule has 0 saturated carbocycles. The Morgan fingerprint density at radius 2 is 1.50 bits per heavy atom. The van der Waals surface area contributed by atoms with Gasteiger partial charge in [0.05, 0.1) is 0 Å². The molecule has 1 aromatic carbocycles. The van der Waals surface area contributed by atoms with Crippen LogP contribution in [0.2, 0.25) is 0 Å². The van der Waals surface area contributed by atoms with E-state index in [1.807, 2.05) is 36.4 Å². The average Bonchev–Trinajstić information content (AvgIpc) is 2.25. The molecule has 0 aromatic heterocycles. The summed E-state index contributed by atoms with van der Waals surface area (Å²) in [5.41, 5.74) is 1.64. The zero-order valence-corrected chi connectivity index (χ0v) is 8.84. The summed E-state index contributed by atoms with van der Waals surface area (Å²) in [7, 11) is 2.43. The summed E-state index contributed by atoms with van der Waals surface area (Å²) in [4.78, 5) is 10.5. The van der Waals surface area contributed by atoms with Crippen molar-refractivity contribution in [3.05, 3.63) is 54.1 Å². The number of hydrogen-bond donors (Lipinski definition) is 1. The van der Waals surface area contributed by atoms with Gasteiger partial charge in [0, 0.05) is 11.3 Å². The van der Waals surface area contributed by atoms with E-state index >= 15 is 0 Å². The highest BCUT2D eigenvalue weighted by Crippen LogP contribution is 2.04. The monoisotopic (exact) mass is 205 g/mol. The van der Waals surface area contributed by atoms with Gasteiger partial charge in [0.1, 0.15) is 6.29 Å². The van der Waals surface area contributed by atoms with Crippen molar-refractivity contribution in [3.8, 4) is 0 Å². The fourth-order valence-electron chi connectivity index (χ4n) is 0.938. The van der Waals surface area contributed by atoms with E-state index in [9.17, 15) is 4.79 Å². The quantitative estimate of drug-likeness (QED) is 0.594. The van der Waals surface area contributed by atoms with Crippen molar-refractivity contribution in [3.63, 3.8) is 0 Å². The summed E-state index contributed by atoms with van der Waals surface area (Å²) < 4.78 is 0. The predicted molar refractivity (Wildman–Crippen MR) is 62.8 cm³/mol. The molecular formula is C11H12NOP. The number of rotatable bonds is 2. The van der Waals surface area contributed by atoms with Gasteiger partial charge < -0.3 is 5.09 Å². The third kappa shape index (κ3) is 3.55. The lowest BCUT2D eigenvalue weighted by Gasteiger charge is -1.92. The van der Waals surface area contributed by atoms with Gasteiger partial charge in [0.25, 0.3) is 0 Å². The van der Waals surface area contributed by atoms with Crippen molar-refractivity contribution in [1.29, 1.82) is 0 Å². The molecule has 1 atom stereocenters. The molecule has 1 unspecified atom stereocenters. The molecule has 1 rings (SSSR count). The Morgan fingerprint density at radius 1 is 1.00 bits per heavy atom. The fraction of sp³-hybridized carbons (Fsp3) is 0. The minimum atomic E-state index is 0.654. The number of carbonyl (C=O) groups is 1. The van der Waals surface area contributed by atoms with Crippen LogP contribution >= 0.6 is 9.39 Å². The fourth-order valence-corrected chi connectivity index (χ4v) is 1.13. The van der Waals surface area contributed by atoms with E-state index < -0.39 is 0 Å². The first-order valence-electron chi connectivity index (χ1n) is 4.22. The maximum atomic E-state index is 10.5. The zero-order valence-electron chi connectivity index (χ0n) is 7.68. The van der Waals surface area contributed by atoms with Crippen LogP contribution in [0.1, 0.15) is 10.4 Å². The molecule has 0 aliphatic rings. The molecule has 1 N–H and O–H groups in total. The predicted octanol–water partition coefficient (Wildman–Crippen LogP) is 2.83. The summed E-state index contributed by atoms with van der Waals surface area (Å²) in [6.07, 6.45) is 0.828. The SMILES string of the molecule is O=Cc1ccccc(NP)cccc1. The summed E-state index contributed by atoms with van der Waals surface area (Å²) in [5.74, 6) is 0. The number of hydrogen-bond acceptors (Lipinski definition) is 2. The van der Waals surface area contributed by atoms with Crippen LogP contribution in [0.4, 0.5) is 5.69 Å². The van der Waals surface area contributed by atoms with Crippen molar-refractivity contribution in [2.75, 3.05) is 5.09 Å². The number of anilines is 1. The average molecular weight is 205 g/mol. The van der Waals surface area contributed by atoms with Crippen molar-refractivity contribution in [2.45, 2.75) is 0 Å². The van der Waals surface area contributed by atoms with E-state index in [-0.39, 0.29) is 0 Å². The maximum Gasteiger partial charge on any atom is 0.150 e. The Kier molecular flexibility index (Phi) is 4.66. The molecule has 0 aliphatic heterocycles. The van der Waals surface area contributed by atoms with Gasteiger partial charge in [-0.2, -0.15) is 0 Å². The van der Waals surface area contributed by atoms with Gasteiger partial charge in [-0.15, -0.1) is 0 Å². The highest BCUT2D eigenvalue weighted by Gasteiger charge is 1.81. The first-order valence-corrected chi connectivity index (χ1v) is 4.80. The van der Waals surface area contributed by atoms with E-state index in [1.165, 1.54) is 0 Å². The van der Waals surface area contributed by atoms with Crippen LogP contribution in [-0.4, -0.2) is 6.29 Å². The first-order chi connectivity index (χ1) is 6.86. The molecule has 0 aliphatic carbocycles. The molecular weight excluding hydrogens is 193 g/mol. The molecule has 14 heavy (non-hydrogen) atoms. The molecule has 3 heteroatoms. The van der Waals surface area contributed by atoms with Crippen molar-refractivity contribution < 1.29 is 4.79 Å². The summed E-state index contributed by atoms with van der Waals surface area (Å²) in [6, 6.07) is 14.8. The minimum absolute atomic E-state index is 0.654. The van der Waals surface area contributed by atoms with Crippen molar-refractivity contribution in [2.24, 2.45) is 0 Å². The van der Waals surface area contributed by atoms with Crippen LogP contribution in [0.15, 0.2) is 48.5 Å². The summed E-state index contributed by atoms with van der Waals surface area (Å²) in [6.45, 7) is 0. The molecule has 0 bridgehead atoms. The Hall–Kier alpha value is -1.40. The van der Waals surface area contributed by atoms with E-state index in [4.69, 9.17) is 0 Å². The first kappa shape index (κ1) is 10.7. The third-order valence-corrected chi connectivity index (χ3v) is 1.99. The molecule has 0 saturated heterocycles. The van der Waals surface area contributed by atoms with Crippen LogP contribution in [0, 0.1) is 0 Å². The molecule has 0 fully saturated rings. The largest absolute Gasteiger partial charge is 0.369 e. The molecule has 2 nitrogen and oxygen atoms in total. The highest BCUT2D eigenvalue weighted by atomic mass is 31.0. The van der Waals surface area contributed by atoms with Gasteiger partial charge in [-0.05, 0) is 21.5 Å². The summed E-state index contributed by atoms with van der Waals surface area (Å²) >= 11 is 0. The van der Waals surface area contributed by atoms with Gasteiger partial charge in [-0.1, -0.05) is 36.4 Å². The van der Waals surface area contributed by atoms with Crippen molar-refractivity contribution in [1.82, 2.24) is 0 Å². The number of aldehydes is 1. The standard InChI is InChI=1S/C11H12NOP/c13-9-10-5-1-3-7-11(12-14)8-4-2-6-10/h1-9,12H,14H2. The second kappa shape index (κ2) is 6.11. The van der Waals surface area contributed by atoms with Crippen LogP contribution in [0.5, 0.6) is 0 Å². The van der Waals surface area contributed by atoms with Crippen LogP contribution in [0.25, 0.3) is 0 Å². The molecule has 72 valence electrons. The molecule has 0 heterocycles. The zero-order chi connectivity index (χ0) is 10.2. The van der Waals surface area contributed by atoms with E-state index in [0.29, 0.717) is 5.56 Å². The van der Waals surface area contributed by atoms with Crippen LogP contribution in [0.3, 0.4) is 0 Å². The molecule has 0 spiro atoms. The topological polar surface area (TPSA) is 29.1 Å². The lowest BCUT2D eigenvalue weighted by molar-refractivity contribution is 0.112. The second-order valence-electron chi connectivity index (χ2n) is 2.65. The molecule has 1 aromatic rings. The van der Waals surface area contributed by atoms with Crippen LogP contribution in [-0.2, 0) is 0 Å². The number of nitrogens with one attached hydrogen (secondary N) is 1. The van der Waals surface area contributed by atoms with Gasteiger partial charge in [-0.3, -0.25) is 4.79 Å². The Balaban J connectivity index is 3.17. The van der Waals surface area contributed by atoms with Crippen molar-refractivity contribution >= 4 is 21.4 Å². The normalized spacial score (nSPS) is 8.64. The van der Waals surface area contributed by atoms with Gasteiger partial charge in [0.15, 0.2) is 0 Å². The lowest BCUT2D eigenvalue weighted by Crippen LogP contribution is -1.74. The van der Waals surface area contributed by atoms with Gasteiger partial charge >= 0.3 is 0 Å². The van der Waals surface area contributed by atoms with Gasteiger partial charge in [-0.25, -0.2) is 0 Å². The smallest absolute Gasteiger partial charge is 0.150 e. The number of carbonyl (C=O) groups excluding carboxylic acids is 1. The molecule has 0 radical (unpaired) electrons. The van der Waals surface area contributed by atoms with Gasteiger partial charge in [0.2, 0.25) is 0 Å². The maximum absolute atomic E-state index is 10.5. The highest BCUT2D eigenvalue weighted by molar-refractivity contribution is 7.18. The second-order valence-corrected chi connectivity index (χ2v) is 2.94. The Labute approximate surface area is 85.9 Å². The van der Waals surface area contributed by atoms with Crippen LogP contribution < -0.4 is 5.09 Å². The van der Waals surface area contributed by atoms with E-state index in [1.54, 1.807) is 12.1 Å². The Bertz CT molecular complexity index is 337. The molecule has 0 amide bonds. The van der Waals surface area contributed by atoms with E-state index in [0.717, 1.165) is 12.0 Å². The minimum Gasteiger partial charge on any atom is -0.369 e. The Morgan fingerprint density at radius 3 is 1.93 bits per heavy atom. The van der Waals surface area contributed by atoms with E-state index in [2.05, 4.69) is 14.5 Å².